The summed E-state index contributed by atoms with van der Waals surface area (Å²) in [6, 6.07) is 4.51. The molecule has 14 heavy (non-hydrogen) atoms. The summed E-state index contributed by atoms with van der Waals surface area (Å²) < 4.78 is 13.3. The van der Waals surface area contributed by atoms with Crippen molar-refractivity contribution >= 4 is 11.3 Å². The highest BCUT2D eigenvalue weighted by atomic mass is 32.1. The van der Waals surface area contributed by atoms with Crippen molar-refractivity contribution < 1.29 is 4.39 Å². The molecule has 1 aromatic heterocycles. The molecule has 3 heteroatoms. The lowest BCUT2D eigenvalue weighted by atomic mass is 10.2. The standard InChI is InChI=1S/C11H16FNS/c1-8(11-6-3-7-14-11)13-10-5-2-4-9(10)12/h3,6-10,13H,2,4-5H2,1H3/t8?,9-,10+/m0/s1. The van der Waals surface area contributed by atoms with Crippen molar-refractivity contribution in [3.63, 3.8) is 0 Å². The highest BCUT2D eigenvalue weighted by molar-refractivity contribution is 7.10. The van der Waals surface area contributed by atoms with Crippen LogP contribution >= 0.6 is 11.3 Å². The zero-order chi connectivity index (χ0) is 9.97. The van der Waals surface area contributed by atoms with Gasteiger partial charge in [0.2, 0.25) is 0 Å². The van der Waals surface area contributed by atoms with Crippen LogP contribution in [-0.2, 0) is 0 Å². The van der Waals surface area contributed by atoms with Gasteiger partial charge >= 0.3 is 0 Å². The second-order valence-electron chi connectivity index (χ2n) is 3.96. The van der Waals surface area contributed by atoms with Gasteiger partial charge in [-0.15, -0.1) is 11.3 Å². The lowest BCUT2D eigenvalue weighted by molar-refractivity contribution is 0.268. The summed E-state index contributed by atoms with van der Waals surface area (Å²) in [5, 5.41) is 5.43. The van der Waals surface area contributed by atoms with Crippen LogP contribution in [-0.4, -0.2) is 12.2 Å². The molecule has 1 unspecified atom stereocenters. The van der Waals surface area contributed by atoms with E-state index in [-0.39, 0.29) is 12.1 Å². The minimum atomic E-state index is -0.641. The van der Waals surface area contributed by atoms with Gasteiger partial charge in [0, 0.05) is 17.0 Å². The quantitative estimate of drug-likeness (QED) is 0.812. The van der Waals surface area contributed by atoms with Gasteiger partial charge in [-0.2, -0.15) is 0 Å². The van der Waals surface area contributed by atoms with Crippen LogP contribution in [0, 0.1) is 0 Å². The molecule has 1 N–H and O–H groups in total. The topological polar surface area (TPSA) is 12.0 Å². The summed E-state index contributed by atoms with van der Waals surface area (Å²) in [4.78, 5) is 1.30. The SMILES string of the molecule is CC(N[C@@H]1CCC[C@@H]1F)c1cccs1. The van der Waals surface area contributed by atoms with Gasteiger partial charge in [-0.05, 0) is 37.6 Å². The summed E-state index contributed by atoms with van der Waals surface area (Å²) >= 11 is 1.73. The van der Waals surface area contributed by atoms with Crippen molar-refractivity contribution in [2.75, 3.05) is 0 Å². The zero-order valence-corrected chi connectivity index (χ0v) is 9.19. The maximum Gasteiger partial charge on any atom is 0.115 e. The Bertz CT molecular complexity index is 273. The Morgan fingerprint density at radius 2 is 2.43 bits per heavy atom. The fraction of sp³-hybridized carbons (Fsp3) is 0.636. The summed E-state index contributed by atoms with van der Waals surface area (Å²) in [6.45, 7) is 2.11. The van der Waals surface area contributed by atoms with Crippen molar-refractivity contribution in [2.45, 2.75) is 44.4 Å². The van der Waals surface area contributed by atoms with E-state index in [9.17, 15) is 4.39 Å². The minimum Gasteiger partial charge on any atom is -0.304 e. The van der Waals surface area contributed by atoms with Crippen molar-refractivity contribution in [2.24, 2.45) is 0 Å². The molecule has 1 saturated carbocycles. The van der Waals surface area contributed by atoms with Crippen LogP contribution in [0.25, 0.3) is 0 Å². The van der Waals surface area contributed by atoms with Crippen molar-refractivity contribution in [1.82, 2.24) is 5.32 Å². The molecule has 1 fully saturated rings. The van der Waals surface area contributed by atoms with E-state index in [1.54, 1.807) is 11.3 Å². The first-order chi connectivity index (χ1) is 6.77. The molecule has 0 radical (unpaired) electrons. The third-order valence-corrected chi connectivity index (χ3v) is 3.92. The van der Waals surface area contributed by atoms with Crippen LogP contribution in [0.5, 0.6) is 0 Å². The summed E-state index contributed by atoms with van der Waals surface area (Å²) in [5.74, 6) is 0. The predicted octanol–water partition coefficient (Wildman–Crippen LogP) is 3.29. The summed E-state index contributed by atoms with van der Waals surface area (Å²) in [5.41, 5.74) is 0. The monoisotopic (exact) mass is 213 g/mol. The average Bonchev–Trinajstić information content (AvgIpc) is 2.77. The molecule has 1 aliphatic carbocycles. The van der Waals surface area contributed by atoms with E-state index < -0.39 is 6.17 Å². The van der Waals surface area contributed by atoms with E-state index in [1.165, 1.54) is 4.88 Å². The molecule has 1 nitrogen and oxygen atoms in total. The minimum absolute atomic E-state index is 0.0760. The molecule has 2 rings (SSSR count). The highest BCUT2D eigenvalue weighted by Gasteiger charge is 2.27. The molecule has 78 valence electrons. The maximum atomic E-state index is 13.3. The second-order valence-corrected chi connectivity index (χ2v) is 4.94. The molecule has 0 spiro atoms. The molecular weight excluding hydrogens is 197 g/mol. The van der Waals surface area contributed by atoms with E-state index >= 15 is 0 Å². The predicted molar refractivity (Wildman–Crippen MR) is 58.4 cm³/mol. The van der Waals surface area contributed by atoms with Crippen molar-refractivity contribution in [1.29, 1.82) is 0 Å². The Morgan fingerprint density at radius 1 is 1.57 bits per heavy atom. The van der Waals surface area contributed by atoms with Gasteiger partial charge in [0.25, 0.3) is 0 Å². The number of rotatable bonds is 3. The van der Waals surface area contributed by atoms with Gasteiger partial charge < -0.3 is 5.32 Å². The third kappa shape index (κ3) is 2.15. The maximum absolute atomic E-state index is 13.3. The van der Waals surface area contributed by atoms with Crippen LogP contribution < -0.4 is 5.32 Å². The lowest BCUT2D eigenvalue weighted by Gasteiger charge is -2.19. The van der Waals surface area contributed by atoms with Crippen LogP contribution in [0.4, 0.5) is 4.39 Å². The molecule has 0 saturated heterocycles. The van der Waals surface area contributed by atoms with Crippen LogP contribution in [0.15, 0.2) is 17.5 Å². The number of hydrogen-bond donors (Lipinski definition) is 1. The van der Waals surface area contributed by atoms with Gasteiger partial charge in [0.15, 0.2) is 0 Å². The lowest BCUT2D eigenvalue weighted by Crippen LogP contribution is -2.35. The summed E-state index contributed by atoms with van der Waals surface area (Å²) in [6.07, 6.45) is 2.10. The first-order valence-electron chi connectivity index (χ1n) is 5.21. The van der Waals surface area contributed by atoms with Crippen LogP contribution in [0.2, 0.25) is 0 Å². The molecule has 1 aromatic rings. The molecular formula is C11H16FNS. The number of halogens is 1. The molecule has 3 atom stereocenters. The number of nitrogens with one attached hydrogen (secondary N) is 1. The Kier molecular flexibility index (Phi) is 3.19. The molecule has 0 aromatic carbocycles. The number of hydrogen-bond acceptors (Lipinski definition) is 2. The highest BCUT2D eigenvalue weighted by Crippen LogP contribution is 2.26. The van der Waals surface area contributed by atoms with Gasteiger partial charge in [0.05, 0.1) is 0 Å². The molecule has 1 aliphatic rings. The largest absolute Gasteiger partial charge is 0.304 e. The van der Waals surface area contributed by atoms with Gasteiger partial charge in [-0.3, -0.25) is 0 Å². The Hall–Kier alpha value is -0.410. The first-order valence-corrected chi connectivity index (χ1v) is 6.09. The van der Waals surface area contributed by atoms with Gasteiger partial charge in [0.1, 0.15) is 6.17 Å². The normalized spacial score (nSPS) is 29.3. The fourth-order valence-corrected chi connectivity index (χ4v) is 2.79. The van der Waals surface area contributed by atoms with Crippen molar-refractivity contribution in [3.05, 3.63) is 22.4 Å². The molecule has 0 amide bonds. The smallest absolute Gasteiger partial charge is 0.115 e. The number of alkyl halides is 1. The van der Waals surface area contributed by atoms with E-state index in [4.69, 9.17) is 0 Å². The second kappa shape index (κ2) is 4.41. The molecule has 0 aliphatic heterocycles. The van der Waals surface area contributed by atoms with E-state index in [2.05, 4.69) is 23.7 Å². The zero-order valence-electron chi connectivity index (χ0n) is 8.37. The van der Waals surface area contributed by atoms with E-state index in [1.807, 2.05) is 6.07 Å². The van der Waals surface area contributed by atoms with Crippen LogP contribution in [0.3, 0.4) is 0 Å². The number of thiophene rings is 1. The Labute approximate surface area is 88.3 Å². The molecule has 1 heterocycles. The Morgan fingerprint density at radius 3 is 3.00 bits per heavy atom. The van der Waals surface area contributed by atoms with Crippen molar-refractivity contribution in [3.8, 4) is 0 Å². The van der Waals surface area contributed by atoms with Crippen LogP contribution in [0.1, 0.15) is 37.1 Å². The fourth-order valence-electron chi connectivity index (χ4n) is 2.04. The van der Waals surface area contributed by atoms with Gasteiger partial charge in [-0.1, -0.05) is 6.07 Å². The Balaban J connectivity index is 1.91. The first kappa shape index (κ1) is 10.1. The van der Waals surface area contributed by atoms with E-state index in [0.29, 0.717) is 0 Å². The average molecular weight is 213 g/mol. The third-order valence-electron chi connectivity index (χ3n) is 2.87. The molecule has 0 bridgehead atoms. The summed E-state index contributed by atoms with van der Waals surface area (Å²) in [7, 11) is 0. The van der Waals surface area contributed by atoms with Gasteiger partial charge in [-0.25, -0.2) is 4.39 Å². The van der Waals surface area contributed by atoms with E-state index in [0.717, 1.165) is 19.3 Å².